The Labute approximate surface area is 237 Å². The van der Waals surface area contributed by atoms with Gasteiger partial charge in [0.1, 0.15) is 6.10 Å². The molecule has 2 aliphatic heterocycles. The summed E-state index contributed by atoms with van der Waals surface area (Å²) in [5.41, 5.74) is 0. The first kappa shape index (κ1) is 28.6. The topological polar surface area (TPSA) is 36.9 Å². The Kier molecular flexibility index (Phi) is 9.02. The zero-order valence-corrected chi connectivity index (χ0v) is 25.5. The zero-order valence-electron chi connectivity index (χ0n) is 24.5. The van der Waals surface area contributed by atoms with Crippen molar-refractivity contribution < 1.29 is 18.6 Å². The zero-order chi connectivity index (χ0) is 27.3. The first-order chi connectivity index (χ1) is 18.8. The van der Waals surface area contributed by atoms with Crippen molar-refractivity contribution in [1.82, 2.24) is 0 Å². The van der Waals surface area contributed by atoms with Crippen LogP contribution in [-0.4, -0.2) is 39.5 Å². The molecule has 1 aliphatic carbocycles. The second kappa shape index (κ2) is 12.3. The minimum absolute atomic E-state index is 0.0364. The van der Waals surface area contributed by atoms with Crippen molar-refractivity contribution in [2.45, 2.75) is 109 Å². The lowest BCUT2D eigenvalue weighted by Gasteiger charge is -2.44. The third-order valence-corrected chi connectivity index (χ3v) is 14.1. The summed E-state index contributed by atoms with van der Waals surface area (Å²) in [6.07, 6.45) is 12.5. The van der Waals surface area contributed by atoms with E-state index >= 15 is 0 Å². The van der Waals surface area contributed by atoms with E-state index in [4.69, 9.17) is 18.6 Å². The molecule has 3 atom stereocenters. The molecule has 1 saturated carbocycles. The molecule has 0 amide bonds. The van der Waals surface area contributed by atoms with Crippen molar-refractivity contribution in [2.75, 3.05) is 13.2 Å². The van der Waals surface area contributed by atoms with Gasteiger partial charge < -0.3 is 18.6 Å². The standard InChI is InChI=1S/C34H48O4Si/c1-27-21-22-28(15-14-16-29-25-35-34(38-29)23-12-7-13-24-34)37-32(27)26-36-39(33(2,3)4,30-17-8-5-9-18-30)31-19-10-6-11-20-31/h5-6,8-11,15,17-20,27,29,32H,7,12-14,16,21-26H2,1-4H3/b28-15+/t27-,29-,32+/m0/s1. The van der Waals surface area contributed by atoms with Crippen LogP contribution in [0, 0.1) is 5.92 Å². The summed E-state index contributed by atoms with van der Waals surface area (Å²) in [6.45, 7) is 10.7. The highest BCUT2D eigenvalue weighted by atomic mass is 28.4. The predicted molar refractivity (Wildman–Crippen MR) is 161 cm³/mol. The molecule has 0 N–H and O–H groups in total. The van der Waals surface area contributed by atoms with Crippen molar-refractivity contribution in [3.8, 4) is 0 Å². The van der Waals surface area contributed by atoms with Crippen LogP contribution in [0.3, 0.4) is 0 Å². The fourth-order valence-electron chi connectivity index (χ4n) is 6.78. The van der Waals surface area contributed by atoms with Gasteiger partial charge in [-0.25, -0.2) is 0 Å². The molecule has 212 valence electrons. The summed E-state index contributed by atoms with van der Waals surface area (Å²) in [7, 11) is -2.58. The highest BCUT2D eigenvalue weighted by Crippen LogP contribution is 2.40. The molecule has 0 unspecified atom stereocenters. The van der Waals surface area contributed by atoms with Crippen LogP contribution < -0.4 is 10.4 Å². The van der Waals surface area contributed by atoms with Gasteiger partial charge in [0.15, 0.2) is 5.79 Å². The third kappa shape index (κ3) is 6.37. The third-order valence-electron chi connectivity index (χ3n) is 9.05. The van der Waals surface area contributed by atoms with E-state index in [-0.39, 0.29) is 23.0 Å². The van der Waals surface area contributed by atoms with E-state index in [9.17, 15) is 0 Å². The summed E-state index contributed by atoms with van der Waals surface area (Å²) in [5, 5.41) is 2.60. The van der Waals surface area contributed by atoms with Crippen molar-refractivity contribution in [3.05, 3.63) is 72.5 Å². The maximum Gasteiger partial charge on any atom is 0.261 e. The van der Waals surface area contributed by atoms with Gasteiger partial charge >= 0.3 is 0 Å². The van der Waals surface area contributed by atoms with Crippen molar-refractivity contribution >= 4 is 18.7 Å². The Morgan fingerprint density at radius 2 is 1.59 bits per heavy atom. The van der Waals surface area contributed by atoms with E-state index < -0.39 is 8.32 Å². The van der Waals surface area contributed by atoms with E-state index in [1.807, 2.05) is 0 Å². The average molecular weight is 549 g/mol. The predicted octanol–water partition coefficient (Wildman–Crippen LogP) is 7.12. The fraction of sp³-hybridized carbons (Fsp3) is 0.588. The molecule has 3 aliphatic rings. The molecule has 5 rings (SSSR count). The van der Waals surface area contributed by atoms with Gasteiger partial charge in [-0.2, -0.15) is 0 Å². The minimum atomic E-state index is -2.58. The average Bonchev–Trinajstić information content (AvgIpc) is 3.33. The highest BCUT2D eigenvalue weighted by Gasteiger charge is 2.50. The van der Waals surface area contributed by atoms with Crippen LogP contribution in [0.2, 0.25) is 5.04 Å². The van der Waals surface area contributed by atoms with Crippen LogP contribution in [0.4, 0.5) is 0 Å². The lowest BCUT2D eigenvalue weighted by Crippen LogP contribution is -2.67. The summed E-state index contributed by atoms with van der Waals surface area (Å²) in [5.74, 6) is 1.30. The van der Waals surface area contributed by atoms with Crippen molar-refractivity contribution in [2.24, 2.45) is 5.92 Å². The van der Waals surface area contributed by atoms with Crippen LogP contribution in [0.5, 0.6) is 0 Å². The molecular weight excluding hydrogens is 500 g/mol. The Bertz CT molecular complexity index is 1030. The van der Waals surface area contributed by atoms with Gasteiger partial charge in [0.05, 0.1) is 25.1 Å². The number of benzene rings is 2. The van der Waals surface area contributed by atoms with E-state index in [0.717, 1.165) is 50.9 Å². The second-order valence-corrected chi connectivity index (χ2v) is 17.2. The molecule has 4 nitrogen and oxygen atoms in total. The first-order valence-electron chi connectivity index (χ1n) is 15.2. The molecule has 3 fully saturated rings. The minimum Gasteiger partial charge on any atom is -0.492 e. The normalized spacial score (nSPS) is 26.6. The van der Waals surface area contributed by atoms with Crippen LogP contribution in [-0.2, 0) is 18.6 Å². The van der Waals surface area contributed by atoms with Gasteiger partial charge in [-0.15, -0.1) is 0 Å². The number of hydrogen-bond acceptors (Lipinski definition) is 4. The summed E-state index contributed by atoms with van der Waals surface area (Å²) < 4.78 is 26.4. The number of hydrogen-bond donors (Lipinski definition) is 0. The number of rotatable bonds is 8. The van der Waals surface area contributed by atoms with Crippen molar-refractivity contribution in [1.29, 1.82) is 0 Å². The van der Waals surface area contributed by atoms with Crippen LogP contribution in [0.15, 0.2) is 72.5 Å². The molecule has 2 saturated heterocycles. The first-order valence-corrected chi connectivity index (χ1v) is 17.1. The summed E-state index contributed by atoms with van der Waals surface area (Å²) in [4.78, 5) is 0. The van der Waals surface area contributed by atoms with Crippen molar-refractivity contribution in [3.63, 3.8) is 0 Å². The maximum atomic E-state index is 7.22. The fourth-order valence-corrected chi connectivity index (χ4v) is 11.4. The maximum absolute atomic E-state index is 7.22. The lowest BCUT2D eigenvalue weighted by molar-refractivity contribution is -0.187. The molecule has 1 spiro atoms. The summed E-state index contributed by atoms with van der Waals surface area (Å²) in [6, 6.07) is 21.8. The SMILES string of the molecule is C[C@H]1CC/C(=C\CC[C@H]2COC3(CCCCC3)O2)O[C@@H]1CO[Si](c1ccccc1)(c1ccccc1)C(C)(C)C. The van der Waals surface area contributed by atoms with Gasteiger partial charge in [0, 0.05) is 19.3 Å². The highest BCUT2D eigenvalue weighted by molar-refractivity contribution is 6.99. The van der Waals surface area contributed by atoms with Gasteiger partial charge in [-0.05, 0) is 59.5 Å². The molecule has 5 heteroatoms. The van der Waals surface area contributed by atoms with E-state index in [1.165, 1.54) is 29.6 Å². The monoisotopic (exact) mass is 548 g/mol. The Balaban J connectivity index is 1.25. The smallest absolute Gasteiger partial charge is 0.261 e. The molecule has 0 bridgehead atoms. The van der Waals surface area contributed by atoms with E-state index in [0.29, 0.717) is 12.5 Å². The quantitative estimate of drug-likeness (QED) is 0.329. The Hall–Kier alpha value is -1.92. The number of allylic oxidation sites excluding steroid dienone is 2. The lowest BCUT2D eigenvalue weighted by atomic mass is 9.94. The van der Waals surface area contributed by atoms with Gasteiger partial charge in [-0.3, -0.25) is 0 Å². The van der Waals surface area contributed by atoms with Gasteiger partial charge in [-0.1, -0.05) is 94.8 Å². The van der Waals surface area contributed by atoms with Gasteiger partial charge in [0.2, 0.25) is 0 Å². The largest absolute Gasteiger partial charge is 0.492 e. The molecule has 2 heterocycles. The molecule has 2 aromatic rings. The van der Waals surface area contributed by atoms with Crippen LogP contribution in [0.1, 0.15) is 85.5 Å². The Morgan fingerprint density at radius 1 is 0.949 bits per heavy atom. The Morgan fingerprint density at radius 3 is 2.21 bits per heavy atom. The number of ether oxygens (including phenoxy) is 3. The summed E-state index contributed by atoms with van der Waals surface area (Å²) >= 11 is 0. The van der Waals surface area contributed by atoms with Crippen LogP contribution >= 0.6 is 0 Å². The van der Waals surface area contributed by atoms with E-state index in [1.54, 1.807) is 0 Å². The van der Waals surface area contributed by atoms with Crippen LogP contribution in [0.25, 0.3) is 0 Å². The molecule has 0 radical (unpaired) electrons. The molecule has 0 aromatic heterocycles. The van der Waals surface area contributed by atoms with E-state index in [2.05, 4.69) is 94.4 Å². The second-order valence-electron chi connectivity index (χ2n) is 12.9. The molecule has 39 heavy (non-hydrogen) atoms. The molecular formula is C34H48O4Si. The van der Waals surface area contributed by atoms with Gasteiger partial charge in [0.25, 0.3) is 8.32 Å². The molecule has 2 aromatic carbocycles.